The molecule has 0 fully saturated rings. The van der Waals surface area contributed by atoms with Crippen molar-refractivity contribution in [3.8, 4) is 0 Å². The Hall–Kier alpha value is -3.10. The van der Waals surface area contributed by atoms with Gasteiger partial charge in [-0.05, 0) is 13.0 Å². The maximum Gasteiger partial charge on any atom is 0.343 e. The number of nitro groups is 1. The molecule has 1 aromatic carbocycles. The predicted molar refractivity (Wildman–Crippen MR) is 70.9 cm³/mol. The first-order valence-electron chi connectivity index (χ1n) is 6.07. The first-order valence-corrected chi connectivity index (χ1v) is 6.07. The molecular weight excluding hydrogens is 278 g/mol. The van der Waals surface area contributed by atoms with E-state index < -0.39 is 10.9 Å². The molecule has 0 N–H and O–H groups in total. The van der Waals surface area contributed by atoms with Crippen molar-refractivity contribution in [1.82, 2.24) is 19.8 Å². The van der Waals surface area contributed by atoms with Crippen LogP contribution in [0.3, 0.4) is 0 Å². The van der Waals surface area contributed by atoms with Crippen LogP contribution < -0.4 is 0 Å². The Morgan fingerprint density at radius 1 is 1.43 bits per heavy atom. The van der Waals surface area contributed by atoms with Crippen LogP contribution in [0.25, 0.3) is 16.7 Å². The Labute approximate surface area is 117 Å². The van der Waals surface area contributed by atoms with Crippen LogP contribution in [0, 0.1) is 10.1 Å². The largest absolute Gasteiger partial charge is 0.462 e. The number of hydrogen-bond donors (Lipinski definition) is 0. The van der Waals surface area contributed by atoms with Crippen LogP contribution in [0.5, 0.6) is 0 Å². The molecular formula is C12H9N5O4. The van der Waals surface area contributed by atoms with Crippen molar-refractivity contribution in [3.63, 3.8) is 0 Å². The van der Waals surface area contributed by atoms with E-state index in [4.69, 9.17) is 4.74 Å². The molecule has 0 bridgehead atoms. The van der Waals surface area contributed by atoms with Gasteiger partial charge in [-0.25, -0.2) is 9.31 Å². The van der Waals surface area contributed by atoms with Crippen molar-refractivity contribution in [2.24, 2.45) is 0 Å². The second-order valence-electron chi connectivity index (χ2n) is 4.14. The molecule has 0 unspecified atom stereocenters. The number of hydrogen-bond acceptors (Lipinski definition) is 7. The highest BCUT2D eigenvalue weighted by atomic mass is 16.6. The highest BCUT2D eigenvalue weighted by Gasteiger charge is 2.18. The maximum absolute atomic E-state index is 11.8. The molecule has 0 radical (unpaired) electrons. The first-order chi connectivity index (χ1) is 10.1. The number of benzene rings is 1. The number of esters is 1. The fourth-order valence-corrected chi connectivity index (χ4v) is 1.95. The summed E-state index contributed by atoms with van der Waals surface area (Å²) in [6.45, 7) is 1.94. The summed E-state index contributed by atoms with van der Waals surface area (Å²) in [6.07, 6.45) is 1.34. The quantitative estimate of drug-likeness (QED) is 0.406. The number of non-ortho nitro benzene ring substituents is 1. The van der Waals surface area contributed by atoms with E-state index in [2.05, 4.69) is 15.3 Å². The molecule has 0 saturated carbocycles. The van der Waals surface area contributed by atoms with Gasteiger partial charge in [-0.3, -0.25) is 10.1 Å². The lowest BCUT2D eigenvalue weighted by Crippen LogP contribution is -2.05. The van der Waals surface area contributed by atoms with Crippen LogP contribution in [0.15, 0.2) is 24.4 Å². The number of nitrogens with zero attached hydrogens (tertiary/aromatic N) is 5. The first kappa shape index (κ1) is 12.9. The Morgan fingerprint density at radius 2 is 2.24 bits per heavy atom. The molecule has 0 atom stereocenters. The Morgan fingerprint density at radius 3 is 2.95 bits per heavy atom. The average molecular weight is 287 g/mol. The Bertz CT molecular complexity index is 873. The standard InChI is InChI=1S/C12H9N5O4/c1-2-21-12(18)8-6-13-16-10-4-3-7(17(19)20)5-9(10)14-15-11(8)16/h3-6H,2H2,1H3. The van der Waals surface area contributed by atoms with E-state index in [9.17, 15) is 14.9 Å². The summed E-state index contributed by atoms with van der Waals surface area (Å²) in [5.74, 6) is -0.539. The van der Waals surface area contributed by atoms with Crippen molar-refractivity contribution < 1.29 is 14.5 Å². The van der Waals surface area contributed by atoms with Crippen LogP contribution in [0.4, 0.5) is 5.69 Å². The zero-order chi connectivity index (χ0) is 15.0. The van der Waals surface area contributed by atoms with E-state index in [1.54, 1.807) is 6.92 Å². The van der Waals surface area contributed by atoms with Crippen molar-refractivity contribution in [2.45, 2.75) is 6.92 Å². The molecule has 2 heterocycles. The van der Waals surface area contributed by atoms with Gasteiger partial charge in [0.25, 0.3) is 5.69 Å². The van der Waals surface area contributed by atoms with Crippen molar-refractivity contribution in [1.29, 1.82) is 0 Å². The van der Waals surface area contributed by atoms with Gasteiger partial charge in [0.05, 0.1) is 23.2 Å². The van der Waals surface area contributed by atoms with Crippen molar-refractivity contribution in [2.75, 3.05) is 6.61 Å². The Kier molecular flexibility index (Phi) is 2.94. The maximum atomic E-state index is 11.8. The number of rotatable bonds is 3. The predicted octanol–water partition coefficient (Wildman–Crippen LogP) is 1.36. The third kappa shape index (κ3) is 2.04. The third-order valence-corrected chi connectivity index (χ3v) is 2.89. The average Bonchev–Trinajstić information content (AvgIpc) is 2.91. The minimum atomic E-state index is -0.539. The molecule has 3 aromatic rings. The highest BCUT2D eigenvalue weighted by molar-refractivity contribution is 5.96. The van der Waals surface area contributed by atoms with E-state index in [-0.39, 0.29) is 23.5 Å². The SMILES string of the molecule is CCOC(=O)c1cnn2c1nnc1cc([N+](=O)[O-])ccc12. The monoisotopic (exact) mass is 287 g/mol. The zero-order valence-corrected chi connectivity index (χ0v) is 10.9. The normalized spacial score (nSPS) is 10.9. The highest BCUT2D eigenvalue weighted by Crippen LogP contribution is 2.20. The van der Waals surface area contributed by atoms with Gasteiger partial charge < -0.3 is 4.74 Å². The second kappa shape index (κ2) is 4.78. The molecule has 9 nitrogen and oxygen atoms in total. The van der Waals surface area contributed by atoms with Crippen molar-refractivity contribution in [3.05, 3.63) is 40.1 Å². The topological polar surface area (TPSA) is 113 Å². The summed E-state index contributed by atoms with van der Waals surface area (Å²) in [7, 11) is 0. The fraction of sp³-hybridized carbons (Fsp3) is 0.167. The molecule has 3 rings (SSSR count). The van der Waals surface area contributed by atoms with Crippen LogP contribution in [0.1, 0.15) is 17.3 Å². The lowest BCUT2D eigenvalue weighted by molar-refractivity contribution is -0.384. The van der Waals surface area contributed by atoms with Gasteiger partial charge in [-0.1, -0.05) is 0 Å². The summed E-state index contributed by atoms with van der Waals surface area (Å²) < 4.78 is 6.31. The van der Waals surface area contributed by atoms with Gasteiger partial charge in [0.2, 0.25) is 0 Å². The van der Waals surface area contributed by atoms with Crippen LogP contribution in [-0.4, -0.2) is 37.3 Å². The Balaban J connectivity index is 2.21. The molecule has 0 amide bonds. The minimum absolute atomic E-state index is 0.0890. The van der Waals surface area contributed by atoms with E-state index in [1.807, 2.05) is 0 Å². The molecule has 106 valence electrons. The van der Waals surface area contributed by atoms with Gasteiger partial charge in [-0.15, -0.1) is 10.2 Å². The van der Waals surface area contributed by atoms with Crippen molar-refractivity contribution >= 4 is 28.3 Å². The number of aromatic nitrogens is 4. The number of carbonyl (C=O) groups is 1. The molecule has 0 aliphatic rings. The lowest BCUT2D eigenvalue weighted by Gasteiger charge is -2.01. The summed E-state index contributed by atoms with van der Waals surface area (Å²) in [4.78, 5) is 22.0. The van der Waals surface area contributed by atoms with E-state index in [0.717, 1.165) is 0 Å². The van der Waals surface area contributed by atoms with Gasteiger partial charge in [0.1, 0.15) is 11.1 Å². The zero-order valence-electron chi connectivity index (χ0n) is 10.9. The third-order valence-electron chi connectivity index (χ3n) is 2.89. The minimum Gasteiger partial charge on any atom is -0.462 e. The van der Waals surface area contributed by atoms with Gasteiger partial charge in [0.15, 0.2) is 5.65 Å². The van der Waals surface area contributed by atoms with E-state index in [1.165, 1.54) is 28.9 Å². The van der Waals surface area contributed by atoms with Gasteiger partial charge >= 0.3 is 5.97 Å². The molecule has 0 spiro atoms. The lowest BCUT2D eigenvalue weighted by atomic mass is 10.2. The van der Waals surface area contributed by atoms with Gasteiger partial charge in [0, 0.05) is 12.1 Å². The molecule has 0 saturated heterocycles. The molecule has 2 aromatic heterocycles. The van der Waals surface area contributed by atoms with E-state index >= 15 is 0 Å². The number of nitro benzene ring substituents is 1. The summed E-state index contributed by atoms with van der Waals surface area (Å²) in [5.41, 5.74) is 1.18. The molecule has 0 aliphatic heterocycles. The fourth-order valence-electron chi connectivity index (χ4n) is 1.95. The van der Waals surface area contributed by atoms with E-state index in [0.29, 0.717) is 11.0 Å². The molecule has 21 heavy (non-hydrogen) atoms. The van der Waals surface area contributed by atoms with Crippen LogP contribution in [-0.2, 0) is 4.74 Å². The van der Waals surface area contributed by atoms with Crippen LogP contribution >= 0.6 is 0 Å². The summed E-state index contributed by atoms with van der Waals surface area (Å²) >= 11 is 0. The number of fused-ring (bicyclic) bond motifs is 3. The second-order valence-corrected chi connectivity index (χ2v) is 4.14. The summed E-state index contributed by atoms with van der Waals surface area (Å²) in [6, 6.07) is 4.15. The molecule has 9 heteroatoms. The number of ether oxygens (including phenoxy) is 1. The van der Waals surface area contributed by atoms with Crippen LogP contribution in [0.2, 0.25) is 0 Å². The summed E-state index contributed by atoms with van der Waals surface area (Å²) in [5, 5.41) is 22.6. The molecule has 0 aliphatic carbocycles. The smallest absolute Gasteiger partial charge is 0.343 e. The van der Waals surface area contributed by atoms with Gasteiger partial charge in [-0.2, -0.15) is 5.10 Å². The number of carbonyl (C=O) groups excluding carboxylic acids is 1.